The number of piperidine rings is 1. The predicted octanol–water partition coefficient (Wildman–Crippen LogP) is 3.17. The van der Waals surface area contributed by atoms with Crippen LogP contribution in [0.5, 0.6) is 0 Å². The van der Waals surface area contributed by atoms with E-state index in [2.05, 4.69) is 0 Å². The zero-order chi connectivity index (χ0) is 15.6. The molecular weight excluding hydrogens is 298 g/mol. The van der Waals surface area contributed by atoms with Gasteiger partial charge in [-0.2, -0.15) is 0 Å². The zero-order valence-corrected chi connectivity index (χ0v) is 13.6. The van der Waals surface area contributed by atoms with Crippen LogP contribution in [0.3, 0.4) is 0 Å². The molecule has 4 nitrogen and oxygen atoms in total. The molecule has 1 amide bonds. The molecule has 120 valence electrons. The molecule has 5 heteroatoms. The summed E-state index contributed by atoms with van der Waals surface area (Å²) in [6.07, 6.45) is 5.83. The minimum Gasteiger partial charge on any atom is -0.481 e. The van der Waals surface area contributed by atoms with Gasteiger partial charge in [0.25, 0.3) is 0 Å². The van der Waals surface area contributed by atoms with E-state index >= 15 is 0 Å². The molecule has 0 aromatic carbocycles. The number of carboxylic acid groups (broad SMARTS) is 1. The Morgan fingerprint density at radius 3 is 2.86 bits per heavy atom. The molecule has 2 fully saturated rings. The van der Waals surface area contributed by atoms with Crippen molar-refractivity contribution < 1.29 is 14.7 Å². The Balaban J connectivity index is 1.60. The summed E-state index contributed by atoms with van der Waals surface area (Å²) in [7, 11) is 0. The summed E-state index contributed by atoms with van der Waals surface area (Å²) >= 11 is 1.67. The molecule has 1 aromatic heterocycles. The lowest BCUT2D eigenvalue weighted by atomic mass is 9.75. The van der Waals surface area contributed by atoms with Crippen molar-refractivity contribution in [2.75, 3.05) is 13.1 Å². The number of amides is 1. The number of aliphatic carboxylic acids is 1. The molecule has 1 saturated heterocycles. The van der Waals surface area contributed by atoms with Gasteiger partial charge < -0.3 is 10.0 Å². The molecule has 2 heterocycles. The summed E-state index contributed by atoms with van der Waals surface area (Å²) in [5.41, 5.74) is -0.696. The second-order valence-electron chi connectivity index (χ2n) is 6.73. The molecule has 0 radical (unpaired) electrons. The summed E-state index contributed by atoms with van der Waals surface area (Å²) in [6, 6.07) is 4.04. The Labute approximate surface area is 135 Å². The lowest BCUT2D eigenvalue weighted by molar-refractivity contribution is -0.156. The summed E-state index contributed by atoms with van der Waals surface area (Å²) < 4.78 is 0. The largest absolute Gasteiger partial charge is 0.481 e. The number of carbonyl (C=O) groups is 2. The number of rotatable bonds is 6. The van der Waals surface area contributed by atoms with E-state index in [0.717, 1.165) is 32.1 Å². The molecule has 1 aromatic rings. The van der Waals surface area contributed by atoms with Crippen molar-refractivity contribution in [1.29, 1.82) is 0 Å². The Kier molecular flexibility index (Phi) is 4.52. The van der Waals surface area contributed by atoms with Crippen molar-refractivity contribution in [3.63, 3.8) is 0 Å². The van der Waals surface area contributed by atoms with E-state index in [1.807, 2.05) is 17.5 Å². The lowest BCUT2D eigenvalue weighted by Gasteiger charge is -2.40. The number of likely N-dealkylation sites (tertiary alicyclic amines) is 1. The molecule has 1 aliphatic carbocycles. The number of carbonyl (C=O) groups excluding carboxylic acids is 1. The number of aryl methyl sites for hydroxylation is 1. The van der Waals surface area contributed by atoms with E-state index in [0.29, 0.717) is 31.8 Å². The van der Waals surface area contributed by atoms with E-state index in [9.17, 15) is 14.7 Å². The van der Waals surface area contributed by atoms with E-state index in [1.54, 1.807) is 16.2 Å². The Bertz CT molecular complexity index is 538. The van der Waals surface area contributed by atoms with Crippen LogP contribution in [0.25, 0.3) is 0 Å². The first-order valence-corrected chi connectivity index (χ1v) is 9.01. The third-order valence-electron chi connectivity index (χ3n) is 4.92. The van der Waals surface area contributed by atoms with E-state index in [4.69, 9.17) is 0 Å². The molecule has 1 saturated carbocycles. The van der Waals surface area contributed by atoms with Crippen LogP contribution in [-0.2, 0) is 16.0 Å². The maximum Gasteiger partial charge on any atom is 0.311 e. The maximum absolute atomic E-state index is 12.4. The molecular formula is C17H23NO3S. The molecule has 0 spiro atoms. The fourth-order valence-electron chi connectivity index (χ4n) is 3.49. The first-order valence-electron chi connectivity index (χ1n) is 8.13. The zero-order valence-electron chi connectivity index (χ0n) is 12.8. The van der Waals surface area contributed by atoms with Crippen LogP contribution in [0.2, 0.25) is 0 Å². The molecule has 1 aliphatic heterocycles. The number of carboxylic acids is 1. The second-order valence-corrected chi connectivity index (χ2v) is 7.76. The third-order valence-corrected chi connectivity index (χ3v) is 5.86. The monoisotopic (exact) mass is 321 g/mol. The van der Waals surface area contributed by atoms with Gasteiger partial charge in [0.2, 0.25) is 5.91 Å². The van der Waals surface area contributed by atoms with Crippen molar-refractivity contribution in [2.45, 2.75) is 44.9 Å². The third kappa shape index (κ3) is 3.51. The SMILES string of the molecule is O=C(CCc1cccs1)N1CCC[C@](CC2CC2)(C(=O)O)C1. The van der Waals surface area contributed by atoms with Gasteiger partial charge in [-0.15, -0.1) is 11.3 Å². The molecule has 0 bridgehead atoms. The minimum absolute atomic E-state index is 0.106. The highest BCUT2D eigenvalue weighted by Crippen LogP contribution is 2.45. The van der Waals surface area contributed by atoms with E-state index in [1.165, 1.54) is 4.88 Å². The van der Waals surface area contributed by atoms with Gasteiger partial charge >= 0.3 is 5.97 Å². The average molecular weight is 321 g/mol. The maximum atomic E-state index is 12.4. The molecule has 1 N–H and O–H groups in total. The normalized spacial score (nSPS) is 25.2. The molecule has 1 atom stereocenters. The van der Waals surface area contributed by atoms with Crippen molar-refractivity contribution in [3.8, 4) is 0 Å². The van der Waals surface area contributed by atoms with E-state index in [-0.39, 0.29) is 5.91 Å². The smallest absolute Gasteiger partial charge is 0.311 e. The molecule has 22 heavy (non-hydrogen) atoms. The van der Waals surface area contributed by atoms with Crippen LogP contribution >= 0.6 is 11.3 Å². The fraction of sp³-hybridized carbons (Fsp3) is 0.647. The van der Waals surface area contributed by atoms with Gasteiger partial charge in [-0.3, -0.25) is 9.59 Å². The van der Waals surface area contributed by atoms with Crippen LogP contribution < -0.4 is 0 Å². The predicted molar refractivity (Wildman–Crippen MR) is 85.9 cm³/mol. The number of hydrogen-bond donors (Lipinski definition) is 1. The number of nitrogens with zero attached hydrogens (tertiary/aromatic N) is 1. The van der Waals surface area contributed by atoms with Crippen molar-refractivity contribution in [1.82, 2.24) is 4.90 Å². The van der Waals surface area contributed by atoms with Crippen LogP contribution in [0.4, 0.5) is 0 Å². The summed E-state index contributed by atoms with van der Waals surface area (Å²) in [5.74, 6) is -0.0399. The highest BCUT2D eigenvalue weighted by Gasteiger charge is 2.46. The van der Waals surface area contributed by atoms with Gasteiger partial charge in [-0.05, 0) is 43.0 Å². The summed E-state index contributed by atoms with van der Waals surface area (Å²) in [6.45, 7) is 1.12. The Morgan fingerprint density at radius 2 is 2.23 bits per heavy atom. The van der Waals surface area contributed by atoms with Crippen LogP contribution in [0.15, 0.2) is 17.5 Å². The van der Waals surface area contributed by atoms with Gasteiger partial charge in [-0.1, -0.05) is 18.9 Å². The topological polar surface area (TPSA) is 57.6 Å². The quantitative estimate of drug-likeness (QED) is 0.875. The fourth-order valence-corrected chi connectivity index (χ4v) is 4.20. The van der Waals surface area contributed by atoms with Gasteiger partial charge in [-0.25, -0.2) is 0 Å². The molecule has 2 aliphatic rings. The van der Waals surface area contributed by atoms with E-state index < -0.39 is 11.4 Å². The highest BCUT2D eigenvalue weighted by atomic mass is 32.1. The standard InChI is InChI=1S/C17H23NO3S/c19-15(7-6-14-3-1-10-22-14)18-9-2-8-17(12-18,16(20)21)11-13-4-5-13/h1,3,10,13H,2,4-9,11-12H2,(H,20,21)/t17-/m1/s1. The summed E-state index contributed by atoms with van der Waals surface area (Å²) in [5, 5.41) is 11.7. The first kappa shape index (κ1) is 15.5. The van der Waals surface area contributed by atoms with Gasteiger partial charge in [0.05, 0.1) is 5.41 Å². The molecule has 0 unspecified atom stereocenters. The van der Waals surface area contributed by atoms with Crippen LogP contribution in [0.1, 0.15) is 43.4 Å². The average Bonchev–Trinajstić information content (AvgIpc) is 3.16. The molecule has 3 rings (SSSR count). The number of thiophene rings is 1. The highest BCUT2D eigenvalue weighted by molar-refractivity contribution is 7.09. The second kappa shape index (κ2) is 6.41. The van der Waals surface area contributed by atoms with Crippen molar-refractivity contribution in [3.05, 3.63) is 22.4 Å². The van der Waals surface area contributed by atoms with Gasteiger partial charge in [0, 0.05) is 24.4 Å². The number of hydrogen-bond acceptors (Lipinski definition) is 3. The van der Waals surface area contributed by atoms with Gasteiger partial charge in [0.1, 0.15) is 0 Å². The Morgan fingerprint density at radius 1 is 1.41 bits per heavy atom. The minimum atomic E-state index is -0.713. The summed E-state index contributed by atoms with van der Waals surface area (Å²) in [4.78, 5) is 27.3. The van der Waals surface area contributed by atoms with Crippen molar-refractivity contribution >= 4 is 23.2 Å². The Hall–Kier alpha value is -1.36. The van der Waals surface area contributed by atoms with Crippen LogP contribution in [-0.4, -0.2) is 35.0 Å². The first-order chi connectivity index (χ1) is 10.6. The van der Waals surface area contributed by atoms with Crippen LogP contribution in [0, 0.1) is 11.3 Å². The van der Waals surface area contributed by atoms with Gasteiger partial charge in [0.15, 0.2) is 0 Å². The van der Waals surface area contributed by atoms with Crippen molar-refractivity contribution in [2.24, 2.45) is 11.3 Å². The lowest BCUT2D eigenvalue weighted by Crippen LogP contribution is -2.50.